The van der Waals surface area contributed by atoms with Gasteiger partial charge < -0.3 is 10.4 Å². The average Bonchev–Trinajstić information content (AvgIpc) is 3.22. The molecular formula is C22H27N3O3. The molecule has 2 atom stereocenters. The lowest BCUT2D eigenvalue weighted by Crippen LogP contribution is -2.53. The van der Waals surface area contributed by atoms with E-state index in [1.165, 1.54) is 6.42 Å². The zero-order valence-corrected chi connectivity index (χ0v) is 16.0. The SMILES string of the molecule is O=C(NC1CCCCC1)C(O)N1CCCC1C(=O)c1ccc2ccccc2n1. The number of aliphatic hydroxyl groups excluding tert-OH is 1. The number of carbonyl (C=O) groups is 2. The summed E-state index contributed by atoms with van der Waals surface area (Å²) in [5.41, 5.74) is 1.16. The summed E-state index contributed by atoms with van der Waals surface area (Å²) >= 11 is 0. The van der Waals surface area contributed by atoms with Crippen molar-refractivity contribution in [3.8, 4) is 0 Å². The number of likely N-dealkylation sites (tertiary alicyclic amines) is 1. The van der Waals surface area contributed by atoms with Crippen LogP contribution in [0, 0.1) is 0 Å². The van der Waals surface area contributed by atoms with Crippen LogP contribution < -0.4 is 5.32 Å². The summed E-state index contributed by atoms with van der Waals surface area (Å²) in [7, 11) is 0. The molecule has 2 unspecified atom stereocenters. The van der Waals surface area contributed by atoms with Gasteiger partial charge in [-0.25, -0.2) is 4.98 Å². The molecule has 28 heavy (non-hydrogen) atoms. The van der Waals surface area contributed by atoms with E-state index in [0.29, 0.717) is 18.7 Å². The van der Waals surface area contributed by atoms with Crippen LogP contribution in [-0.4, -0.2) is 51.5 Å². The molecule has 2 heterocycles. The van der Waals surface area contributed by atoms with E-state index in [9.17, 15) is 14.7 Å². The van der Waals surface area contributed by atoms with Crippen molar-refractivity contribution in [1.29, 1.82) is 0 Å². The number of aliphatic hydroxyl groups is 1. The minimum atomic E-state index is -1.29. The molecule has 2 fully saturated rings. The van der Waals surface area contributed by atoms with Gasteiger partial charge >= 0.3 is 0 Å². The zero-order valence-electron chi connectivity index (χ0n) is 16.0. The number of fused-ring (bicyclic) bond motifs is 1. The van der Waals surface area contributed by atoms with Gasteiger partial charge in [-0.15, -0.1) is 0 Å². The van der Waals surface area contributed by atoms with Crippen molar-refractivity contribution in [3.05, 3.63) is 42.1 Å². The van der Waals surface area contributed by atoms with Crippen LogP contribution in [-0.2, 0) is 4.79 Å². The van der Waals surface area contributed by atoms with Gasteiger partial charge in [-0.05, 0) is 37.8 Å². The van der Waals surface area contributed by atoms with Gasteiger partial charge in [0.2, 0.25) is 0 Å². The molecule has 1 aliphatic carbocycles. The fraction of sp³-hybridized carbons (Fsp3) is 0.500. The van der Waals surface area contributed by atoms with Gasteiger partial charge in [0.1, 0.15) is 5.69 Å². The Morgan fingerprint density at radius 3 is 2.64 bits per heavy atom. The van der Waals surface area contributed by atoms with Crippen molar-refractivity contribution in [2.24, 2.45) is 0 Å². The Morgan fingerprint density at radius 1 is 1.04 bits per heavy atom. The Labute approximate surface area is 164 Å². The number of nitrogens with one attached hydrogen (secondary N) is 1. The number of aromatic nitrogens is 1. The molecule has 1 aromatic heterocycles. The van der Waals surface area contributed by atoms with Crippen LogP contribution in [0.2, 0.25) is 0 Å². The maximum absolute atomic E-state index is 13.1. The van der Waals surface area contributed by atoms with E-state index in [4.69, 9.17) is 0 Å². The first-order valence-electron chi connectivity index (χ1n) is 10.3. The third kappa shape index (κ3) is 3.93. The molecule has 2 aromatic rings. The number of ketones is 1. The molecule has 1 aromatic carbocycles. The fourth-order valence-corrected chi connectivity index (χ4v) is 4.41. The summed E-state index contributed by atoms with van der Waals surface area (Å²) in [6.45, 7) is 0.531. The molecule has 6 heteroatoms. The van der Waals surface area contributed by atoms with Crippen LogP contribution >= 0.6 is 0 Å². The highest BCUT2D eigenvalue weighted by Gasteiger charge is 2.38. The summed E-state index contributed by atoms with van der Waals surface area (Å²) in [6.07, 6.45) is 5.46. The van der Waals surface area contributed by atoms with Crippen LogP contribution in [0.25, 0.3) is 10.9 Å². The summed E-state index contributed by atoms with van der Waals surface area (Å²) in [5.74, 6) is -0.522. The highest BCUT2D eigenvalue weighted by atomic mass is 16.3. The average molecular weight is 381 g/mol. The first-order chi connectivity index (χ1) is 13.6. The molecule has 0 bridgehead atoms. The minimum Gasteiger partial charge on any atom is -0.370 e. The minimum absolute atomic E-state index is 0.132. The van der Waals surface area contributed by atoms with Crippen molar-refractivity contribution in [3.63, 3.8) is 0 Å². The van der Waals surface area contributed by atoms with E-state index in [0.717, 1.165) is 43.0 Å². The van der Waals surface area contributed by atoms with Crippen molar-refractivity contribution < 1.29 is 14.7 Å². The van der Waals surface area contributed by atoms with Crippen molar-refractivity contribution in [2.75, 3.05) is 6.54 Å². The normalized spacial score (nSPS) is 22.2. The molecular weight excluding hydrogens is 354 g/mol. The number of carbonyl (C=O) groups excluding carboxylic acids is 2. The molecule has 1 amide bonds. The van der Waals surface area contributed by atoms with Gasteiger partial charge in [-0.3, -0.25) is 14.5 Å². The van der Waals surface area contributed by atoms with E-state index in [1.807, 2.05) is 30.3 Å². The fourth-order valence-electron chi connectivity index (χ4n) is 4.41. The first kappa shape index (κ1) is 19.0. The molecule has 1 aliphatic heterocycles. The lowest BCUT2D eigenvalue weighted by Gasteiger charge is -2.30. The Hall–Kier alpha value is -2.31. The smallest absolute Gasteiger partial charge is 0.264 e. The second kappa shape index (κ2) is 8.37. The van der Waals surface area contributed by atoms with Crippen molar-refractivity contribution in [2.45, 2.75) is 63.3 Å². The summed E-state index contributed by atoms with van der Waals surface area (Å²) < 4.78 is 0. The van der Waals surface area contributed by atoms with Gasteiger partial charge in [0, 0.05) is 18.0 Å². The van der Waals surface area contributed by atoms with Crippen LogP contribution in [0.1, 0.15) is 55.4 Å². The standard InChI is InChI=1S/C22H27N3O3/c26-20(18-13-12-15-7-4-5-10-17(15)24-18)19-11-6-14-25(19)22(28)21(27)23-16-8-2-1-3-9-16/h4-5,7,10,12-13,16,19,22,28H,1-3,6,8-9,11,14H2,(H,23,27). The number of amides is 1. The topological polar surface area (TPSA) is 82.5 Å². The highest BCUT2D eigenvalue weighted by Crippen LogP contribution is 2.24. The van der Waals surface area contributed by atoms with Crippen molar-refractivity contribution in [1.82, 2.24) is 15.2 Å². The number of pyridine rings is 1. The maximum Gasteiger partial charge on any atom is 0.264 e. The third-order valence-corrected chi connectivity index (χ3v) is 5.95. The molecule has 1 saturated heterocycles. The lowest BCUT2D eigenvalue weighted by atomic mass is 9.95. The second-order valence-corrected chi connectivity index (χ2v) is 7.87. The van der Waals surface area contributed by atoms with E-state index >= 15 is 0 Å². The van der Waals surface area contributed by atoms with Crippen molar-refractivity contribution >= 4 is 22.6 Å². The van der Waals surface area contributed by atoms with Crippen LogP contribution in [0.4, 0.5) is 0 Å². The molecule has 1 saturated carbocycles. The molecule has 6 nitrogen and oxygen atoms in total. The number of para-hydroxylation sites is 1. The Bertz CT molecular complexity index is 863. The predicted molar refractivity (Wildman–Crippen MR) is 107 cm³/mol. The third-order valence-electron chi connectivity index (χ3n) is 5.95. The van der Waals surface area contributed by atoms with E-state index in [1.54, 1.807) is 11.0 Å². The van der Waals surface area contributed by atoms with Gasteiger partial charge in [-0.2, -0.15) is 0 Å². The van der Waals surface area contributed by atoms with Gasteiger partial charge in [0.05, 0.1) is 11.6 Å². The lowest BCUT2D eigenvalue weighted by molar-refractivity contribution is -0.140. The molecule has 0 radical (unpaired) electrons. The largest absolute Gasteiger partial charge is 0.370 e. The van der Waals surface area contributed by atoms with Gasteiger partial charge in [0.25, 0.3) is 5.91 Å². The zero-order chi connectivity index (χ0) is 19.5. The number of benzene rings is 1. The molecule has 148 valence electrons. The van der Waals surface area contributed by atoms with Gasteiger partial charge in [0.15, 0.2) is 12.0 Å². The molecule has 2 aliphatic rings. The Kier molecular flexibility index (Phi) is 5.69. The molecule has 2 N–H and O–H groups in total. The van der Waals surface area contributed by atoms with Crippen LogP contribution in [0.5, 0.6) is 0 Å². The van der Waals surface area contributed by atoms with E-state index in [-0.39, 0.29) is 11.8 Å². The number of hydrogen-bond acceptors (Lipinski definition) is 5. The summed E-state index contributed by atoms with van der Waals surface area (Å²) in [6, 6.07) is 10.9. The number of Topliss-reactive ketones (excluding diaryl/α,β-unsaturated/α-hetero) is 1. The number of hydrogen-bond donors (Lipinski definition) is 2. The van der Waals surface area contributed by atoms with E-state index < -0.39 is 18.2 Å². The molecule has 0 spiro atoms. The molecule has 4 rings (SSSR count). The highest BCUT2D eigenvalue weighted by molar-refractivity contribution is 6.00. The quantitative estimate of drug-likeness (QED) is 0.778. The van der Waals surface area contributed by atoms with E-state index in [2.05, 4.69) is 10.3 Å². The maximum atomic E-state index is 13.1. The second-order valence-electron chi connectivity index (χ2n) is 7.87. The first-order valence-corrected chi connectivity index (χ1v) is 10.3. The number of nitrogens with zero attached hydrogens (tertiary/aromatic N) is 2. The summed E-state index contributed by atoms with van der Waals surface area (Å²) in [4.78, 5) is 31.7. The van der Waals surface area contributed by atoms with Crippen LogP contribution in [0.3, 0.4) is 0 Å². The number of rotatable bonds is 5. The Morgan fingerprint density at radius 2 is 1.82 bits per heavy atom. The van der Waals surface area contributed by atoms with Gasteiger partial charge in [-0.1, -0.05) is 43.5 Å². The monoisotopic (exact) mass is 381 g/mol. The summed E-state index contributed by atoms with van der Waals surface area (Å²) in [5, 5.41) is 14.6. The predicted octanol–water partition coefficient (Wildman–Crippen LogP) is 2.65. The Balaban J connectivity index is 1.46. The van der Waals surface area contributed by atoms with Crippen LogP contribution in [0.15, 0.2) is 36.4 Å².